The molecule has 90 valence electrons. The molecule has 0 atom stereocenters. The first-order chi connectivity index (χ1) is 8.25. The van der Waals surface area contributed by atoms with Gasteiger partial charge in [-0.25, -0.2) is 0 Å². The second-order valence-electron chi connectivity index (χ2n) is 4.04. The Hall–Kier alpha value is -1.75. The van der Waals surface area contributed by atoms with E-state index >= 15 is 0 Å². The number of aromatic nitrogens is 3. The van der Waals surface area contributed by atoms with Crippen LogP contribution in [0.2, 0.25) is 0 Å². The van der Waals surface area contributed by atoms with Gasteiger partial charge < -0.3 is 10.1 Å². The van der Waals surface area contributed by atoms with Gasteiger partial charge in [-0.1, -0.05) is 31.1 Å². The fraction of sp³-hybridized carbons (Fsp3) is 0.417. The van der Waals surface area contributed by atoms with E-state index in [-0.39, 0.29) is 0 Å². The molecule has 2 rings (SSSR count). The van der Waals surface area contributed by atoms with E-state index in [0.29, 0.717) is 18.7 Å². The molecule has 0 unspecified atom stereocenters. The lowest BCUT2D eigenvalue weighted by Crippen LogP contribution is -2.27. The Morgan fingerprint density at radius 3 is 2.71 bits per heavy atom. The second-order valence-corrected chi connectivity index (χ2v) is 4.04. The van der Waals surface area contributed by atoms with Crippen LogP contribution in [0.15, 0.2) is 24.3 Å². The maximum Gasteiger partial charge on any atom is 0.336 e. The van der Waals surface area contributed by atoms with Gasteiger partial charge in [0.25, 0.3) is 0 Å². The third-order valence-corrected chi connectivity index (χ3v) is 2.23. The highest BCUT2D eigenvalue weighted by molar-refractivity contribution is 5.73. The van der Waals surface area contributed by atoms with E-state index in [1.165, 1.54) is 0 Å². The largest absolute Gasteiger partial charge is 0.461 e. The minimum Gasteiger partial charge on any atom is -0.461 e. The molecule has 2 aromatic rings. The molecule has 1 aromatic heterocycles. The van der Waals surface area contributed by atoms with Crippen LogP contribution < -0.4 is 10.1 Å². The van der Waals surface area contributed by atoms with E-state index in [0.717, 1.165) is 17.6 Å². The van der Waals surface area contributed by atoms with Crippen molar-refractivity contribution in [1.82, 2.24) is 20.5 Å². The predicted molar refractivity (Wildman–Crippen MR) is 66.0 cm³/mol. The summed E-state index contributed by atoms with van der Waals surface area (Å²) in [6.45, 7) is 5.49. The van der Waals surface area contributed by atoms with Crippen molar-refractivity contribution in [2.75, 3.05) is 13.2 Å². The van der Waals surface area contributed by atoms with Gasteiger partial charge in [-0.2, -0.15) is 4.98 Å². The van der Waals surface area contributed by atoms with Crippen LogP contribution in [0.1, 0.15) is 13.8 Å². The van der Waals surface area contributed by atoms with Gasteiger partial charge in [-0.3, -0.25) is 0 Å². The first kappa shape index (κ1) is 11.7. The second kappa shape index (κ2) is 5.54. The molecule has 5 heteroatoms. The lowest BCUT2D eigenvalue weighted by atomic mass is 10.3. The number of nitrogens with one attached hydrogen (secondary N) is 1. The van der Waals surface area contributed by atoms with Crippen LogP contribution in [-0.2, 0) is 0 Å². The number of para-hydroxylation sites is 1. The molecule has 0 aliphatic rings. The zero-order valence-electron chi connectivity index (χ0n) is 10.1. The van der Waals surface area contributed by atoms with Crippen LogP contribution in [0.25, 0.3) is 11.0 Å². The topological polar surface area (TPSA) is 59.9 Å². The maximum absolute atomic E-state index is 5.42. The van der Waals surface area contributed by atoms with Crippen molar-refractivity contribution in [2.45, 2.75) is 19.9 Å². The highest BCUT2D eigenvalue weighted by Gasteiger charge is 2.01. The summed E-state index contributed by atoms with van der Waals surface area (Å²) in [4.78, 5) is 4.27. The summed E-state index contributed by atoms with van der Waals surface area (Å²) < 4.78 is 5.42. The lowest BCUT2D eigenvalue weighted by molar-refractivity contribution is 0.283. The number of hydrogen-bond donors (Lipinski definition) is 1. The van der Waals surface area contributed by atoms with E-state index in [1.807, 2.05) is 24.3 Å². The highest BCUT2D eigenvalue weighted by atomic mass is 16.5. The van der Waals surface area contributed by atoms with E-state index in [9.17, 15) is 0 Å². The van der Waals surface area contributed by atoms with Gasteiger partial charge in [0.2, 0.25) is 0 Å². The Labute approximate surface area is 100 Å². The number of ether oxygens (including phenoxy) is 1. The summed E-state index contributed by atoms with van der Waals surface area (Å²) in [6.07, 6.45) is 0. The number of hydrogen-bond acceptors (Lipinski definition) is 5. The monoisotopic (exact) mass is 232 g/mol. The van der Waals surface area contributed by atoms with Crippen LogP contribution in [-0.4, -0.2) is 34.4 Å². The van der Waals surface area contributed by atoms with E-state index in [1.54, 1.807) is 0 Å². The molecule has 0 bridgehead atoms. The molecule has 1 aromatic carbocycles. The van der Waals surface area contributed by atoms with Crippen LogP contribution >= 0.6 is 0 Å². The summed E-state index contributed by atoms with van der Waals surface area (Å²) in [7, 11) is 0. The summed E-state index contributed by atoms with van der Waals surface area (Å²) in [6, 6.07) is 8.37. The van der Waals surface area contributed by atoms with E-state index in [4.69, 9.17) is 4.74 Å². The summed E-state index contributed by atoms with van der Waals surface area (Å²) >= 11 is 0. The summed E-state index contributed by atoms with van der Waals surface area (Å²) in [5, 5.41) is 11.2. The van der Waals surface area contributed by atoms with E-state index < -0.39 is 0 Å². The number of rotatable bonds is 5. The quantitative estimate of drug-likeness (QED) is 0.790. The van der Waals surface area contributed by atoms with Crippen LogP contribution in [0, 0.1) is 0 Å². The Balaban J connectivity index is 1.95. The molecule has 0 saturated carbocycles. The zero-order valence-corrected chi connectivity index (χ0v) is 10.1. The molecule has 17 heavy (non-hydrogen) atoms. The van der Waals surface area contributed by atoms with Gasteiger partial charge in [0.1, 0.15) is 12.1 Å². The van der Waals surface area contributed by atoms with Crippen molar-refractivity contribution in [3.8, 4) is 6.01 Å². The maximum atomic E-state index is 5.42. The van der Waals surface area contributed by atoms with Gasteiger partial charge in [0, 0.05) is 12.6 Å². The molecule has 0 spiro atoms. The molecule has 0 amide bonds. The highest BCUT2D eigenvalue weighted by Crippen LogP contribution is 2.09. The molecule has 1 heterocycles. The first-order valence-electron chi connectivity index (χ1n) is 5.71. The molecule has 0 fully saturated rings. The van der Waals surface area contributed by atoms with Gasteiger partial charge in [-0.15, -0.1) is 5.10 Å². The smallest absolute Gasteiger partial charge is 0.336 e. The summed E-state index contributed by atoms with van der Waals surface area (Å²) in [5.74, 6) is 0. The predicted octanol–water partition coefficient (Wildman–Crippen LogP) is 1.40. The molecule has 5 nitrogen and oxygen atoms in total. The molecular weight excluding hydrogens is 216 g/mol. The standard InChI is InChI=1S/C12H16N4O/c1-9(2)13-7-8-17-12-14-10-5-3-4-6-11(10)15-16-12/h3-6,9,13H,7-8H2,1-2H3. The third kappa shape index (κ3) is 3.35. The molecule has 0 aliphatic carbocycles. The molecule has 0 aliphatic heterocycles. The van der Waals surface area contributed by atoms with Gasteiger partial charge >= 0.3 is 6.01 Å². The van der Waals surface area contributed by atoms with Crippen molar-refractivity contribution in [2.24, 2.45) is 0 Å². The van der Waals surface area contributed by atoms with Crippen molar-refractivity contribution < 1.29 is 4.74 Å². The normalized spacial score (nSPS) is 11.0. The van der Waals surface area contributed by atoms with Crippen molar-refractivity contribution in [3.63, 3.8) is 0 Å². The van der Waals surface area contributed by atoms with Gasteiger partial charge in [0.05, 0.1) is 5.52 Å². The van der Waals surface area contributed by atoms with Crippen LogP contribution in [0.5, 0.6) is 6.01 Å². The number of nitrogens with zero attached hydrogens (tertiary/aromatic N) is 3. The number of benzene rings is 1. The third-order valence-electron chi connectivity index (χ3n) is 2.23. The van der Waals surface area contributed by atoms with Gasteiger partial charge in [-0.05, 0) is 12.1 Å². The first-order valence-corrected chi connectivity index (χ1v) is 5.71. The van der Waals surface area contributed by atoms with Crippen LogP contribution in [0.4, 0.5) is 0 Å². The lowest BCUT2D eigenvalue weighted by Gasteiger charge is -2.08. The Bertz CT molecular complexity index is 487. The molecular formula is C12H16N4O. The van der Waals surface area contributed by atoms with Gasteiger partial charge in [0.15, 0.2) is 0 Å². The number of fused-ring (bicyclic) bond motifs is 1. The van der Waals surface area contributed by atoms with Crippen LogP contribution in [0.3, 0.4) is 0 Å². The Kier molecular flexibility index (Phi) is 3.82. The summed E-state index contributed by atoms with van der Waals surface area (Å²) in [5.41, 5.74) is 1.58. The minimum atomic E-state index is 0.328. The van der Waals surface area contributed by atoms with E-state index in [2.05, 4.69) is 34.3 Å². The Morgan fingerprint density at radius 2 is 1.94 bits per heavy atom. The van der Waals surface area contributed by atoms with Crippen molar-refractivity contribution in [1.29, 1.82) is 0 Å². The molecule has 0 saturated heterocycles. The average molecular weight is 232 g/mol. The minimum absolute atomic E-state index is 0.328. The Morgan fingerprint density at radius 1 is 1.18 bits per heavy atom. The van der Waals surface area contributed by atoms with Crippen molar-refractivity contribution >= 4 is 11.0 Å². The van der Waals surface area contributed by atoms with Crippen molar-refractivity contribution in [3.05, 3.63) is 24.3 Å². The SMILES string of the molecule is CC(C)NCCOc1nnc2ccccc2n1. The molecule has 0 radical (unpaired) electrons. The molecule has 1 N–H and O–H groups in total. The fourth-order valence-electron chi connectivity index (χ4n) is 1.42. The fourth-order valence-corrected chi connectivity index (χ4v) is 1.42. The zero-order chi connectivity index (χ0) is 12.1. The average Bonchev–Trinajstić information content (AvgIpc) is 2.34.